The molecular weight excluding hydrogens is 264 g/mol. The number of nitrogen functional groups attached to an aromatic ring is 1. The maximum absolute atomic E-state index is 12.7. The van der Waals surface area contributed by atoms with Gasteiger partial charge in [0.05, 0.1) is 17.9 Å². The molecule has 0 bridgehead atoms. The molecule has 2 heterocycles. The number of benzene rings is 1. The van der Waals surface area contributed by atoms with Crippen molar-refractivity contribution in [1.29, 1.82) is 0 Å². The molecule has 1 aromatic heterocycles. The fourth-order valence-corrected chi connectivity index (χ4v) is 2.68. The first-order chi connectivity index (χ1) is 10.3. The summed E-state index contributed by atoms with van der Waals surface area (Å²) in [6, 6.07) is 11.5. The molecule has 0 saturated heterocycles. The third-order valence-electron chi connectivity index (χ3n) is 3.75. The lowest BCUT2D eigenvalue weighted by Crippen LogP contribution is -2.30. The standard InChI is InChI=1S/C16H18N4O/c17-19-13-7-8-18-14(10-13)11-20-9-3-5-12-4-1-2-6-15(12)16(20)21/h1-2,4,6-8,10H,3,5,9,11,17H2,(H,18,19). The molecule has 0 aliphatic carbocycles. The van der Waals surface area contributed by atoms with Gasteiger partial charge in [0.15, 0.2) is 0 Å². The van der Waals surface area contributed by atoms with Crippen molar-refractivity contribution >= 4 is 11.6 Å². The molecular formula is C16H18N4O. The van der Waals surface area contributed by atoms with Gasteiger partial charge in [0.2, 0.25) is 0 Å². The van der Waals surface area contributed by atoms with Crippen molar-refractivity contribution in [2.24, 2.45) is 5.84 Å². The number of rotatable bonds is 3. The number of nitrogens with two attached hydrogens (primary N) is 1. The first-order valence-corrected chi connectivity index (χ1v) is 7.06. The second-order valence-electron chi connectivity index (χ2n) is 5.17. The molecule has 3 rings (SSSR count). The molecule has 5 nitrogen and oxygen atoms in total. The zero-order valence-electron chi connectivity index (χ0n) is 11.7. The average Bonchev–Trinajstić information content (AvgIpc) is 2.68. The second-order valence-corrected chi connectivity index (χ2v) is 5.17. The van der Waals surface area contributed by atoms with Crippen LogP contribution in [0.15, 0.2) is 42.6 Å². The van der Waals surface area contributed by atoms with Crippen LogP contribution in [0, 0.1) is 0 Å². The van der Waals surface area contributed by atoms with Gasteiger partial charge in [0.25, 0.3) is 5.91 Å². The summed E-state index contributed by atoms with van der Waals surface area (Å²) >= 11 is 0. The number of nitrogens with zero attached hydrogens (tertiary/aromatic N) is 2. The SMILES string of the molecule is NNc1ccnc(CN2CCCc3ccccc3C2=O)c1. The molecule has 0 atom stereocenters. The summed E-state index contributed by atoms with van der Waals surface area (Å²) in [4.78, 5) is 18.8. The van der Waals surface area contributed by atoms with Gasteiger partial charge < -0.3 is 10.3 Å². The number of hydrogen-bond donors (Lipinski definition) is 2. The van der Waals surface area contributed by atoms with Gasteiger partial charge in [-0.2, -0.15) is 0 Å². The Bertz CT molecular complexity index is 656. The van der Waals surface area contributed by atoms with E-state index < -0.39 is 0 Å². The summed E-state index contributed by atoms with van der Waals surface area (Å²) in [5, 5.41) is 0. The van der Waals surface area contributed by atoms with Crippen LogP contribution in [0.4, 0.5) is 5.69 Å². The van der Waals surface area contributed by atoms with Crippen LogP contribution in [0.3, 0.4) is 0 Å². The van der Waals surface area contributed by atoms with E-state index in [0.717, 1.165) is 41.9 Å². The quantitative estimate of drug-likeness (QED) is 0.667. The number of aromatic nitrogens is 1. The third kappa shape index (κ3) is 2.87. The topological polar surface area (TPSA) is 71.2 Å². The van der Waals surface area contributed by atoms with Gasteiger partial charge in [-0.05, 0) is 36.6 Å². The van der Waals surface area contributed by atoms with Gasteiger partial charge >= 0.3 is 0 Å². The molecule has 21 heavy (non-hydrogen) atoms. The summed E-state index contributed by atoms with van der Waals surface area (Å²) in [7, 11) is 0. The van der Waals surface area contributed by atoms with Crippen molar-refractivity contribution in [1.82, 2.24) is 9.88 Å². The van der Waals surface area contributed by atoms with Crippen molar-refractivity contribution in [2.45, 2.75) is 19.4 Å². The fourth-order valence-electron chi connectivity index (χ4n) is 2.68. The molecule has 0 fully saturated rings. The third-order valence-corrected chi connectivity index (χ3v) is 3.75. The van der Waals surface area contributed by atoms with Crippen LogP contribution in [0.2, 0.25) is 0 Å². The molecule has 1 aromatic carbocycles. The molecule has 0 saturated carbocycles. The Labute approximate surface area is 123 Å². The number of amides is 1. The minimum atomic E-state index is 0.0796. The van der Waals surface area contributed by atoms with E-state index >= 15 is 0 Å². The van der Waals surface area contributed by atoms with Crippen LogP contribution in [0.25, 0.3) is 0 Å². The number of carbonyl (C=O) groups excluding carboxylic acids is 1. The van der Waals surface area contributed by atoms with Gasteiger partial charge in [-0.1, -0.05) is 18.2 Å². The lowest BCUT2D eigenvalue weighted by Gasteiger charge is -2.20. The number of carbonyl (C=O) groups is 1. The molecule has 3 N–H and O–H groups in total. The van der Waals surface area contributed by atoms with Crippen molar-refractivity contribution < 1.29 is 4.79 Å². The number of nitrogens with one attached hydrogen (secondary N) is 1. The summed E-state index contributed by atoms with van der Waals surface area (Å²) in [6.07, 6.45) is 3.61. The highest BCUT2D eigenvalue weighted by atomic mass is 16.2. The normalized spacial score (nSPS) is 14.5. The Balaban J connectivity index is 1.84. The Kier molecular flexibility index (Phi) is 3.83. The number of pyridine rings is 1. The lowest BCUT2D eigenvalue weighted by atomic mass is 10.0. The molecule has 0 unspecified atom stereocenters. The number of hydrazine groups is 1. The summed E-state index contributed by atoms with van der Waals surface area (Å²) in [5.41, 5.74) is 6.17. The zero-order chi connectivity index (χ0) is 14.7. The monoisotopic (exact) mass is 282 g/mol. The van der Waals surface area contributed by atoms with E-state index in [2.05, 4.69) is 10.4 Å². The van der Waals surface area contributed by atoms with E-state index in [0.29, 0.717) is 6.54 Å². The maximum Gasteiger partial charge on any atom is 0.254 e. The van der Waals surface area contributed by atoms with Crippen molar-refractivity contribution in [2.75, 3.05) is 12.0 Å². The lowest BCUT2D eigenvalue weighted by molar-refractivity contribution is 0.0747. The number of fused-ring (bicyclic) bond motifs is 1. The smallest absolute Gasteiger partial charge is 0.254 e. The first-order valence-electron chi connectivity index (χ1n) is 7.06. The predicted octanol–water partition coefficient (Wildman–Crippen LogP) is 1.96. The molecule has 2 aromatic rings. The number of aryl methyl sites for hydroxylation is 1. The Hall–Kier alpha value is -2.40. The molecule has 0 spiro atoms. The Morgan fingerprint density at radius 2 is 2.14 bits per heavy atom. The van der Waals surface area contributed by atoms with Crippen LogP contribution >= 0.6 is 0 Å². The summed E-state index contributed by atoms with van der Waals surface area (Å²) < 4.78 is 0. The van der Waals surface area contributed by atoms with E-state index in [1.54, 1.807) is 12.3 Å². The first kappa shape index (κ1) is 13.6. The van der Waals surface area contributed by atoms with Crippen LogP contribution in [0.5, 0.6) is 0 Å². The number of anilines is 1. The number of hydrogen-bond acceptors (Lipinski definition) is 4. The van der Waals surface area contributed by atoms with Crippen LogP contribution in [0.1, 0.15) is 28.0 Å². The van der Waals surface area contributed by atoms with Crippen LogP contribution < -0.4 is 11.3 Å². The van der Waals surface area contributed by atoms with Crippen molar-refractivity contribution in [3.05, 3.63) is 59.4 Å². The highest BCUT2D eigenvalue weighted by molar-refractivity contribution is 5.96. The molecule has 1 aliphatic heterocycles. The molecule has 5 heteroatoms. The minimum absolute atomic E-state index is 0.0796. The van der Waals surface area contributed by atoms with Gasteiger partial charge in [-0.15, -0.1) is 0 Å². The van der Waals surface area contributed by atoms with E-state index in [9.17, 15) is 4.79 Å². The highest BCUT2D eigenvalue weighted by Crippen LogP contribution is 2.20. The summed E-state index contributed by atoms with van der Waals surface area (Å²) in [5.74, 6) is 5.49. The average molecular weight is 282 g/mol. The zero-order valence-corrected chi connectivity index (χ0v) is 11.7. The fraction of sp³-hybridized carbons (Fsp3) is 0.250. The van der Waals surface area contributed by atoms with Gasteiger partial charge in [0, 0.05) is 18.3 Å². The molecule has 0 radical (unpaired) electrons. The molecule has 1 aliphatic rings. The Morgan fingerprint density at radius 3 is 3.00 bits per heavy atom. The van der Waals surface area contributed by atoms with Gasteiger partial charge in [0.1, 0.15) is 0 Å². The van der Waals surface area contributed by atoms with Gasteiger partial charge in [-0.3, -0.25) is 15.6 Å². The van der Waals surface area contributed by atoms with E-state index in [1.807, 2.05) is 35.2 Å². The van der Waals surface area contributed by atoms with E-state index in [-0.39, 0.29) is 5.91 Å². The highest BCUT2D eigenvalue weighted by Gasteiger charge is 2.22. The Morgan fingerprint density at radius 1 is 1.29 bits per heavy atom. The van der Waals surface area contributed by atoms with E-state index in [1.165, 1.54) is 0 Å². The van der Waals surface area contributed by atoms with E-state index in [4.69, 9.17) is 5.84 Å². The second kappa shape index (κ2) is 5.93. The van der Waals surface area contributed by atoms with Crippen molar-refractivity contribution in [3.8, 4) is 0 Å². The molecule has 108 valence electrons. The molecule has 1 amide bonds. The summed E-state index contributed by atoms with van der Waals surface area (Å²) in [6.45, 7) is 1.25. The van der Waals surface area contributed by atoms with Crippen molar-refractivity contribution in [3.63, 3.8) is 0 Å². The largest absolute Gasteiger partial charge is 0.333 e. The predicted molar refractivity (Wildman–Crippen MR) is 81.6 cm³/mol. The maximum atomic E-state index is 12.7. The van der Waals surface area contributed by atoms with Crippen LogP contribution in [-0.2, 0) is 13.0 Å². The minimum Gasteiger partial charge on any atom is -0.333 e. The van der Waals surface area contributed by atoms with Crippen LogP contribution in [-0.4, -0.2) is 22.3 Å². The van der Waals surface area contributed by atoms with Gasteiger partial charge in [-0.25, -0.2) is 0 Å².